The van der Waals surface area contributed by atoms with E-state index in [1.54, 1.807) is 0 Å². The van der Waals surface area contributed by atoms with Gasteiger partial charge in [0.25, 0.3) is 0 Å². The maximum atomic E-state index is 8.60. The van der Waals surface area contributed by atoms with Gasteiger partial charge in [0.15, 0.2) is 0 Å². The Morgan fingerprint density at radius 2 is 2.50 bits per heavy atom. The Morgan fingerprint density at radius 1 is 1.71 bits per heavy atom. The first-order chi connectivity index (χ1) is 6.74. The first kappa shape index (κ1) is 11.2. The van der Waals surface area contributed by atoms with E-state index in [-0.39, 0.29) is 5.92 Å². The second-order valence-corrected chi connectivity index (χ2v) is 4.60. The van der Waals surface area contributed by atoms with E-state index in [1.165, 1.54) is 11.8 Å². The SMILES string of the molecule is CC(C#N)CSC(=S)c1[c]cccc1. The molecule has 0 amide bonds. The van der Waals surface area contributed by atoms with Crippen LogP contribution in [0.25, 0.3) is 0 Å². The fourth-order valence-electron chi connectivity index (χ4n) is 0.836. The Bertz CT molecular complexity index is 340. The number of nitrogens with zero attached hydrogens (tertiary/aromatic N) is 1. The molecule has 1 nitrogen and oxygen atoms in total. The van der Waals surface area contributed by atoms with Gasteiger partial charge in [0.2, 0.25) is 0 Å². The summed E-state index contributed by atoms with van der Waals surface area (Å²) in [5, 5.41) is 8.60. The van der Waals surface area contributed by atoms with Crippen molar-refractivity contribution in [2.45, 2.75) is 6.92 Å². The van der Waals surface area contributed by atoms with Crippen LogP contribution < -0.4 is 0 Å². The van der Waals surface area contributed by atoms with Gasteiger partial charge in [-0.2, -0.15) is 5.26 Å². The average molecular weight is 220 g/mol. The molecule has 0 N–H and O–H groups in total. The Hall–Kier alpha value is -0.850. The molecular weight excluding hydrogens is 210 g/mol. The van der Waals surface area contributed by atoms with E-state index in [1.807, 2.05) is 31.2 Å². The average Bonchev–Trinajstić information content (AvgIpc) is 2.26. The zero-order valence-corrected chi connectivity index (χ0v) is 9.49. The lowest BCUT2D eigenvalue weighted by atomic mass is 10.2. The third-order valence-corrected chi connectivity index (χ3v) is 3.34. The van der Waals surface area contributed by atoms with Crippen LogP contribution in [0.3, 0.4) is 0 Å². The molecule has 0 aromatic heterocycles. The molecule has 1 unspecified atom stereocenters. The maximum Gasteiger partial charge on any atom is 0.0784 e. The molecule has 1 aromatic carbocycles. The molecule has 0 aliphatic carbocycles. The van der Waals surface area contributed by atoms with Crippen molar-refractivity contribution in [1.29, 1.82) is 5.26 Å². The summed E-state index contributed by atoms with van der Waals surface area (Å²) in [7, 11) is 0. The third-order valence-electron chi connectivity index (χ3n) is 1.61. The Kier molecular flexibility index (Phi) is 4.64. The van der Waals surface area contributed by atoms with E-state index in [2.05, 4.69) is 12.1 Å². The fourth-order valence-corrected chi connectivity index (χ4v) is 1.93. The summed E-state index contributed by atoms with van der Waals surface area (Å²) in [5.74, 6) is 0.791. The van der Waals surface area contributed by atoms with Crippen molar-refractivity contribution in [3.05, 3.63) is 35.9 Å². The molecule has 0 saturated heterocycles. The standard InChI is InChI=1S/C11H10NS2/c1-9(7-12)8-14-11(13)10-5-3-2-4-6-10/h2-5,9H,8H2,1H3. The Labute approximate surface area is 94.1 Å². The first-order valence-corrected chi connectivity index (χ1v) is 5.67. The van der Waals surface area contributed by atoms with Crippen molar-refractivity contribution in [3.8, 4) is 6.07 Å². The van der Waals surface area contributed by atoms with Crippen LogP contribution in [0.15, 0.2) is 24.3 Å². The Morgan fingerprint density at radius 3 is 3.07 bits per heavy atom. The highest BCUT2D eigenvalue weighted by Crippen LogP contribution is 2.16. The molecule has 14 heavy (non-hydrogen) atoms. The van der Waals surface area contributed by atoms with Gasteiger partial charge in [-0.25, -0.2) is 0 Å². The molecule has 1 radical (unpaired) electrons. The predicted octanol–water partition coefficient (Wildman–Crippen LogP) is 3.06. The van der Waals surface area contributed by atoms with Gasteiger partial charge in [0.1, 0.15) is 0 Å². The lowest BCUT2D eigenvalue weighted by Crippen LogP contribution is -1.99. The van der Waals surface area contributed by atoms with E-state index in [0.717, 1.165) is 15.5 Å². The normalized spacial score (nSPS) is 11.7. The minimum Gasteiger partial charge on any atom is -0.198 e. The summed E-state index contributed by atoms with van der Waals surface area (Å²) in [4.78, 5) is 0. The molecule has 0 spiro atoms. The summed E-state index contributed by atoms with van der Waals surface area (Å²) in [6, 6.07) is 12.9. The molecule has 1 atom stereocenters. The smallest absolute Gasteiger partial charge is 0.0784 e. The molecule has 3 heteroatoms. The quantitative estimate of drug-likeness (QED) is 0.732. The molecule has 71 valence electrons. The first-order valence-electron chi connectivity index (χ1n) is 4.27. The van der Waals surface area contributed by atoms with E-state index < -0.39 is 0 Å². The molecule has 1 rings (SSSR count). The van der Waals surface area contributed by atoms with Gasteiger partial charge in [-0.15, -0.1) is 11.8 Å². The summed E-state index contributed by atoms with van der Waals surface area (Å²) in [6.07, 6.45) is 0. The summed E-state index contributed by atoms with van der Waals surface area (Å²) >= 11 is 6.75. The van der Waals surface area contributed by atoms with Crippen molar-refractivity contribution < 1.29 is 0 Å². The molecule has 0 fully saturated rings. The summed E-state index contributed by atoms with van der Waals surface area (Å²) in [5.41, 5.74) is 0.942. The van der Waals surface area contributed by atoms with Gasteiger partial charge in [-0.05, 0) is 13.0 Å². The molecule has 0 bridgehead atoms. The third kappa shape index (κ3) is 3.49. The van der Waals surface area contributed by atoms with E-state index >= 15 is 0 Å². The summed E-state index contributed by atoms with van der Waals surface area (Å²) < 4.78 is 0.813. The van der Waals surface area contributed by atoms with Gasteiger partial charge in [-0.3, -0.25) is 0 Å². The monoisotopic (exact) mass is 220 g/mol. The maximum absolute atomic E-state index is 8.60. The number of rotatable bonds is 3. The van der Waals surface area contributed by atoms with Gasteiger partial charge < -0.3 is 0 Å². The number of hydrogen-bond acceptors (Lipinski definition) is 3. The molecule has 0 saturated carbocycles. The lowest BCUT2D eigenvalue weighted by molar-refractivity contribution is 0.866. The number of hydrogen-bond donors (Lipinski definition) is 0. The van der Waals surface area contributed by atoms with Crippen LogP contribution in [0.4, 0.5) is 0 Å². The minimum atomic E-state index is 0.0432. The molecule has 0 aliphatic rings. The minimum absolute atomic E-state index is 0.0432. The van der Waals surface area contributed by atoms with Crippen molar-refractivity contribution in [3.63, 3.8) is 0 Å². The molecule has 0 heterocycles. The van der Waals surface area contributed by atoms with Gasteiger partial charge in [-0.1, -0.05) is 36.5 Å². The number of thioether (sulfide) groups is 1. The van der Waals surface area contributed by atoms with E-state index in [0.29, 0.717) is 0 Å². The van der Waals surface area contributed by atoms with E-state index in [9.17, 15) is 0 Å². The van der Waals surface area contributed by atoms with Crippen LogP contribution in [-0.4, -0.2) is 9.95 Å². The largest absolute Gasteiger partial charge is 0.198 e. The van der Waals surface area contributed by atoms with Gasteiger partial charge in [0, 0.05) is 11.3 Å². The zero-order chi connectivity index (χ0) is 10.4. The van der Waals surface area contributed by atoms with Crippen molar-refractivity contribution in [2.24, 2.45) is 5.92 Å². The second kappa shape index (κ2) is 5.79. The fraction of sp³-hybridized carbons (Fsp3) is 0.273. The van der Waals surface area contributed by atoms with Crippen LogP contribution in [-0.2, 0) is 0 Å². The molecular formula is C11H10NS2. The highest BCUT2D eigenvalue weighted by Gasteiger charge is 2.04. The zero-order valence-electron chi connectivity index (χ0n) is 7.86. The van der Waals surface area contributed by atoms with Crippen LogP contribution in [0.2, 0.25) is 0 Å². The van der Waals surface area contributed by atoms with Crippen molar-refractivity contribution in [1.82, 2.24) is 0 Å². The second-order valence-electron chi connectivity index (χ2n) is 2.90. The van der Waals surface area contributed by atoms with E-state index in [4.69, 9.17) is 17.5 Å². The van der Waals surface area contributed by atoms with Crippen molar-refractivity contribution >= 4 is 28.2 Å². The van der Waals surface area contributed by atoms with Crippen LogP contribution in [0.1, 0.15) is 12.5 Å². The highest BCUT2D eigenvalue weighted by molar-refractivity contribution is 8.23. The number of benzene rings is 1. The Balaban J connectivity index is 2.49. The van der Waals surface area contributed by atoms with Crippen LogP contribution >= 0.6 is 24.0 Å². The van der Waals surface area contributed by atoms with Gasteiger partial charge >= 0.3 is 0 Å². The highest BCUT2D eigenvalue weighted by atomic mass is 32.2. The van der Waals surface area contributed by atoms with Crippen molar-refractivity contribution in [2.75, 3.05) is 5.75 Å². The molecule has 0 aliphatic heterocycles. The van der Waals surface area contributed by atoms with Crippen LogP contribution in [0.5, 0.6) is 0 Å². The van der Waals surface area contributed by atoms with Gasteiger partial charge in [0.05, 0.1) is 16.2 Å². The number of thiocarbonyl (C=S) groups is 1. The predicted molar refractivity (Wildman–Crippen MR) is 64.2 cm³/mol. The van der Waals surface area contributed by atoms with Crippen LogP contribution in [0, 0.1) is 23.3 Å². The molecule has 1 aromatic rings. The topological polar surface area (TPSA) is 23.8 Å². The number of nitriles is 1. The summed E-state index contributed by atoms with van der Waals surface area (Å²) in [6.45, 7) is 1.89. The lowest BCUT2D eigenvalue weighted by Gasteiger charge is -2.03.